The number of rotatable bonds is 6. The van der Waals surface area contributed by atoms with Gasteiger partial charge in [0.25, 0.3) is 0 Å². The van der Waals surface area contributed by atoms with Crippen molar-refractivity contribution >= 4 is 0 Å². The van der Waals surface area contributed by atoms with Crippen molar-refractivity contribution < 1.29 is 0 Å². The lowest BCUT2D eigenvalue weighted by Crippen LogP contribution is -2.56. The van der Waals surface area contributed by atoms with Crippen LogP contribution in [0.2, 0.25) is 0 Å². The van der Waals surface area contributed by atoms with E-state index in [2.05, 4.69) is 30.1 Å². The Morgan fingerprint density at radius 3 is 2.75 bits per heavy atom. The lowest BCUT2D eigenvalue weighted by Gasteiger charge is -2.40. The Bertz CT molecular complexity index is 222. The molecule has 92 valence electrons. The van der Waals surface area contributed by atoms with Crippen LogP contribution in [0.15, 0.2) is 0 Å². The van der Waals surface area contributed by atoms with E-state index >= 15 is 0 Å². The second-order valence-electron chi connectivity index (χ2n) is 4.69. The minimum absolute atomic E-state index is 0.666. The molecule has 0 aromatic heterocycles. The van der Waals surface area contributed by atoms with Crippen LogP contribution < -0.4 is 5.32 Å². The molecular formula is C13H25N3. The van der Waals surface area contributed by atoms with Gasteiger partial charge in [-0.3, -0.25) is 4.90 Å². The van der Waals surface area contributed by atoms with Gasteiger partial charge in [-0.15, -0.1) is 0 Å². The average molecular weight is 223 g/mol. The number of piperazine rings is 1. The van der Waals surface area contributed by atoms with Crippen molar-refractivity contribution in [3.05, 3.63) is 0 Å². The van der Waals surface area contributed by atoms with Crippen molar-refractivity contribution in [2.45, 2.75) is 58.0 Å². The number of unbranched alkanes of at least 4 members (excludes halogenated alkanes) is 2. The molecule has 16 heavy (non-hydrogen) atoms. The van der Waals surface area contributed by atoms with Gasteiger partial charge < -0.3 is 5.32 Å². The van der Waals surface area contributed by atoms with Crippen LogP contribution in [0.4, 0.5) is 0 Å². The van der Waals surface area contributed by atoms with Gasteiger partial charge in [0.2, 0.25) is 0 Å². The lowest BCUT2D eigenvalue weighted by molar-refractivity contribution is 0.123. The summed E-state index contributed by atoms with van der Waals surface area (Å²) >= 11 is 0. The molecule has 1 aliphatic heterocycles. The Kier molecular flexibility index (Phi) is 6.44. The maximum atomic E-state index is 8.51. The van der Waals surface area contributed by atoms with E-state index in [4.69, 9.17) is 5.26 Å². The number of hydrogen-bond donors (Lipinski definition) is 1. The van der Waals surface area contributed by atoms with Crippen LogP contribution in [0.5, 0.6) is 0 Å². The third kappa shape index (κ3) is 4.11. The van der Waals surface area contributed by atoms with E-state index < -0.39 is 0 Å². The van der Waals surface area contributed by atoms with Gasteiger partial charge in [-0.05, 0) is 32.2 Å². The number of nitrogens with zero attached hydrogens (tertiary/aromatic N) is 2. The van der Waals surface area contributed by atoms with Crippen LogP contribution in [-0.2, 0) is 0 Å². The first-order valence-corrected chi connectivity index (χ1v) is 6.66. The maximum absolute atomic E-state index is 8.51. The summed E-state index contributed by atoms with van der Waals surface area (Å²) < 4.78 is 0. The van der Waals surface area contributed by atoms with E-state index in [1.807, 2.05) is 0 Å². The average Bonchev–Trinajstić information content (AvgIpc) is 2.34. The molecule has 1 fully saturated rings. The zero-order chi connectivity index (χ0) is 11.8. The molecule has 2 unspecified atom stereocenters. The first kappa shape index (κ1) is 13.5. The minimum Gasteiger partial charge on any atom is -0.311 e. The van der Waals surface area contributed by atoms with Gasteiger partial charge in [0.1, 0.15) is 0 Å². The summed E-state index contributed by atoms with van der Waals surface area (Å²) in [5.41, 5.74) is 0. The fourth-order valence-electron chi connectivity index (χ4n) is 2.40. The van der Waals surface area contributed by atoms with Gasteiger partial charge in [-0.1, -0.05) is 13.8 Å². The smallest absolute Gasteiger partial charge is 0.0621 e. The van der Waals surface area contributed by atoms with Crippen LogP contribution in [0.3, 0.4) is 0 Å². The van der Waals surface area contributed by atoms with Crippen molar-refractivity contribution in [2.24, 2.45) is 0 Å². The minimum atomic E-state index is 0.666. The molecule has 0 radical (unpaired) electrons. The molecule has 0 spiro atoms. The van der Waals surface area contributed by atoms with E-state index in [9.17, 15) is 0 Å². The molecule has 0 bridgehead atoms. The zero-order valence-electron chi connectivity index (χ0n) is 10.7. The molecule has 1 rings (SSSR count). The first-order chi connectivity index (χ1) is 7.81. The van der Waals surface area contributed by atoms with E-state index in [1.54, 1.807) is 0 Å². The van der Waals surface area contributed by atoms with Gasteiger partial charge in [0, 0.05) is 31.6 Å². The predicted molar refractivity (Wildman–Crippen MR) is 67.2 cm³/mol. The SMILES string of the molecule is CCC1CN(CCCCC#N)C(CC)CN1. The molecule has 0 saturated carbocycles. The molecule has 3 nitrogen and oxygen atoms in total. The molecular weight excluding hydrogens is 198 g/mol. The Hall–Kier alpha value is -0.590. The second-order valence-corrected chi connectivity index (χ2v) is 4.69. The van der Waals surface area contributed by atoms with E-state index in [-0.39, 0.29) is 0 Å². The number of nitrogens with one attached hydrogen (secondary N) is 1. The van der Waals surface area contributed by atoms with Crippen LogP contribution in [0.1, 0.15) is 46.0 Å². The predicted octanol–water partition coefficient (Wildman–Crippen LogP) is 2.14. The molecule has 1 heterocycles. The number of nitriles is 1. The van der Waals surface area contributed by atoms with Gasteiger partial charge in [-0.2, -0.15) is 5.26 Å². The zero-order valence-corrected chi connectivity index (χ0v) is 10.7. The summed E-state index contributed by atoms with van der Waals surface area (Å²) in [7, 11) is 0. The molecule has 2 atom stereocenters. The molecule has 0 aliphatic carbocycles. The summed E-state index contributed by atoms with van der Waals surface area (Å²) in [4.78, 5) is 2.61. The van der Waals surface area contributed by atoms with Crippen molar-refractivity contribution in [3.63, 3.8) is 0 Å². The summed E-state index contributed by atoms with van der Waals surface area (Å²) in [6.45, 7) is 7.99. The Labute approximate surface area is 99.8 Å². The van der Waals surface area contributed by atoms with E-state index in [0.717, 1.165) is 13.0 Å². The van der Waals surface area contributed by atoms with Gasteiger partial charge in [-0.25, -0.2) is 0 Å². The monoisotopic (exact) mass is 223 g/mol. The topological polar surface area (TPSA) is 39.1 Å². The summed E-state index contributed by atoms with van der Waals surface area (Å²) in [5.74, 6) is 0. The molecule has 0 amide bonds. The highest BCUT2D eigenvalue weighted by Gasteiger charge is 2.24. The van der Waals surface area contributed by atoms with E-state index in [0.29, 0.717) is 18.5 Å². The molecule has 1 saturated heterocycles. The third-order valence-electron chi connectivity index (χ3n) is 3.56. The summed E-state index contributed by atoms with van der Waals surface area (Å²) in [6, 6.07) is 3.58. The van der Waals surface area contributed by atoms with Gasteiger partial charge >= 0.3 is 0 Å². The van der Waals surface area contributed by atoms with Crippen molar-refractivity contribution in [1.82, 2.24) is 10.2 Å². The van der Waals surface area contributed by atoms with Crippen molar-refractivity contribution in [3.8, 4) is 6.07 Å². The quantitative estimate of drug-likeness (QED) is 0.701. The van der Waals surface area contributed by atoms with E-state index in [1.165, 1.54) is 32.4 Å². The second kappa shape index (κ2) is 7.65. The molecule has 1 N–H and O–H groups in total. The fraction of sp³-hybridized carbons (Fsp3) is 0.923. The van der Waals surface area contributed by atoms with Crippen LogP contribution >= 0.6 is 0 Å². The van der Waals surface area contributed by atoms with Gasteiger partial charge in [0.15, 0.2) is 0 Å². The molecule has 0 aromatic carbocycles. The fourth-order valence-corrected chi connectivity index (χ4v) is 2.40. The van der Waals surface area contributed by atoms with Crippen molar-refractivity contribution in [1.29, 1.82) is 5.26 Å². The highest BCUT2D eigenvalue weighted by molar-refractivity contribution is 4.84. The molecule has 1 aliphatic rings. The highest BCUT2D eigenvalue weighted by atomic mass is 15.2. The Morgan fingerprint density at radius 1 is 1.31 bits per heavy atom. The van der Waals surface area contributed by atoms with Crippen LogP contribution in [-0.4, -0.2) is 36.6 Å². The largest absolute Gasteiger partial charge is 0.311 e. The summed E-state index contributed by atoms with van der Waals surface area (Å²) in [5, 5.41) is 12.1. The van der Waals surface area contributed by atoms with Crippen molar-refractivity contribution in [2.75, 3.05) is 19.6 Å². The summed E-state index contributed by atoms with van der Waals surface area (Å²) in [6.07, 6.45) is 5.36. The van der Waals surface area contributed by atoms with Gasteiger partial charge in [0.05, 0.1) is 6.07 Å². The standard InChI is InChI=1S/C13H25N3/c1-3-12-11-16(9-7-5-6-8-14)13(4-2)10-15-12/h12-13,15H,3-7,9-11H2,1-2H3. The highest BCUT2D eigenvalue weighted by Crippen LogP contribution is 2.13. The van der Waals surface area contributed by atoms with Crippen LogP contribution in [0.25, 0.3) is 0 Å². The lowest BCUT2D eigenvalue weighted by atomic mass is 10.0. The third-order valence-corrected chi connectivity index (χ3v) is 3.56. The Balaban J connectivity index is 2.31. The molecule has 0 aromatic rings. The Morgan fingerprint density at radius 2 is 2.12 bits per heavy atom. The first-order valence-electron chi connectivity index (χ1n) is 6.66. The number of hydrogen-bond acceptors (Lipinski definition) is 3. The maximum Gasteiger partial charge on any atom is 0.0621 e. The normalized spacial score (nSPS) is 26.6. The van der Waals surface area contributed by atoms with Crippen LogP contribution in [0, 0.1) is 11.3 Å². The molecule has 3 heteroatoms.